The van der Waals surface area contributed by atoms with Gasteiger partial charge in [-0.1, -0.05) is 69.3 Å². The molecule has 1 aliphatic rings. The Bertz CT molecular complexity index is 958. The molecule has 7 heteroatoms. The van der Waals surface area contributed by atoms with Crippen molar-refractivity contribution in [1.29, 1.82) is 0 Å². The molecule has 0 bridgehead atoms. The average Bonchev–Trinajstić information content (AvgIpc) is 3.09. The molecule has 0 aliphatic heterocycles. The molecule has 176 valence electrons. The van der Waals surface area contributed by atoms with Gasteiger partial charge in [0, 0.05) is 18.9 Å². The van der Waals surface area contributed by atoms with Crippen molar-refractivity contribution in [2.24, 2.45) is 11.8 Å². The summed E-state index contributed by atoms with van der Waals surface area (Å²) in [6, 6.07) is 15.5. The zero-order valence-corrected chi connectivity index (χ0v) is 19.3. The molecule has 0 radical (unpaired) electrons. The number of nitrogens with one attached hydrogen (secondary N) is 2. The molecule has 0 aromatic heterocycles. The number of rotatable bonds is 10. The van der Waals surface area contributed by atoms with Crippen molar-refractivity contribution >= 4 is 18.0 Å². The van der Waals surface area contributed by atoms with Crippen LogP contribution in [0.3, 0.4) is 0 Å². The molecule has 0 spiro atoms. The molecule has 3 N–H and O–H groups in total. The highest BCUT2D eigenvalue weighted by atomic mass is 16.5. The first-order valence-electron chi connectivity index (χ1n) is 11.4. The molecule has 3 rings (SSSR count). The molecule has 1 aliphatic carbocycles. The Labute approximate surface area is 194 Å². The van der Waals surface area contributed by atoms with E-state index in [1.807, 2.05) is 45.0 Å². The van der Waals surface area contributed by atoms with E-state index < -0.39 is 18.1 Å². The summed E-state index contributed by atoms with van der Waals surface area (Å²) in [6.07, 6.45) is -0.0279. The van der Waals surface area contributed by atoms with Crippen LogP contribution in [0.15, 0.2) is 48.5 Å². The predicted molar refractivity (Wildman–Crippen MR) is 126 cm³/mol. The van der Waals surface area contributed by atoms with Crippen LogP contribution in [0.4, 0.5) is 4.79 Å². The van der Waals surface area contributed by atoms with Crippen molar-refractivity contribution in [2.75, 3.05) is 13.2 Å². The second-order valence-corrected chi connectivity index (χ2v) is 8.97. The molecule has 33 heavy (non-hydrogen) atoms. The van der Waals surface area contributed by atoms with Crippen LogP contribution in [0.2, 0.25) is 0 Å². The zero-order chi connectivity index (χ0) is 24.0. The number of fused-ring (bicyclic) bond motifs is 3. The summed E-state index contributed by atoms with van der Waals surface area (Å²) in [7, 11) is 0. The van der Waals surface area contributed by atoms with Gasteiger partial charge in [-0.05, 0) is 40.5 Å². The minimum absolute atomic E-state index is 0.0459. The van der Waals surface area contributed by atoms with Crippen LogP contribution in [0.5, 0.6) is 0 Å². The fourth-order valence-electron chi connectivity index (χ4n) is 4.25. The van der Waals surface area contributed by atoms with E-state index in [1.165, 1.54) is 0 Å². The number of ether oxygens (including phenoxy) is 1. The van der Waals surface area contributed by atoms with Crippen molar-refractivity contribution in [2.45, 2.75) is 45.6 Å². The van der Waals surface area contributed by atoms with Gasteiger partial charge in [-0.25, -0.2) is 4.79 Å². The van der Waals surface area contributed by atoms with Gasteiger partial charge in [0.15, 0.2) is 0 Å². The number of carbonyl (C=O) groups excluding carboxylic acids is 2. The third-order valence-electron chi connectivity index (χ3n) is 6.03. The third kappa shape index (κ3) is 6.12. The van der Waals surface area contributed by atoms with Crippen LogP contribution >= 0.6 is 0 Å². The van der Waals surface area contributed by atoms with E-state index in [9.17, 15) is 14.4 Å². The third-order valence-corrected chi connectivity index (χ3v) is 6.03. The molecule has 0 heterocycles. The maximum absolute atomic E-state index is 12.6. The Kier molecular flexibility index (Phi) is 8.09. The van der Waals surface area contributed by atoms with Crippen molar-refractivity contribution in [1.82, 2.24) is 10.6 Å². The Morgan fingerprint density at radius 3 is 2.09 bits per heavy atom. The number of alkyl carbamates (subject to hydrolysis) is 1. The maximum atomic E-state index is 12.6. The molecule has 1 unspecified atom stereocenters. The number of amides is 2. The fourth-order valence-corrected chi connectivity index (χ4v) is 4.25. The van der Waals surface area contributed by atoms with Crippen LogP contribution in [0, 0.1) is 11.8 Å². The lowest BCUT2D eigenvalue weighted by Crippen LogP contribution is -2.50. The van der Waals surface area contributed by atoms with Crippen molar-refractivity contribution in [3.05, 3.63) is 59.7 Å². The monoisotopic (exact) mass is 452 g/mol. The molecular weight excluding hydrogens is 420 g/mol. The minimum atomic E-state index is -0.856. The number of hydrogen-bond donors (Lipinski definition) is 3. The van der Waals surface area contributed by atoms with Crippen LogP contribution in [-0.4, -0.2) is 42.3 Å². The number of carboxylic acid groups (broad SMARTS) is 1. The molecule has 0 saturated heterocycles. The predicted octanol–water partition coefficient (Wildman–Crippen LogP) is 4.17. The van der Waals surface area contributed by atoms with Crippen molar-refractivity contribution in [3.8, 4) is 11.1 Å². The lowest BCUT2D eigenvalue weighted by molar-refractivity contribution is -0.138. The van der Waals surface area contributed by atoms with E-state index >= 15 is 0 Å². The minimum Gasteiger partial charge on any atom is -0.481 e. The Morgan fingerprint density at radius 1 is 0.970 bits per heavy atom. The van der Waals surface area contributed by atoms with E-state index in [0.717, 1.165) is 22.3 Å². The van der Waals surface area contributed by atoms with Gasteiger partial charge in [-0.2, -0.15) is 0 Å². The highest BCUT2D eigenvalue weighted by Crippen LogP contribution is 2.44. The van der Waals surface area contributed by atoms with Crippen molar-refractivity contribution in [3.63, 3.8) is 0 Å². The van der Waals surface area contributed by atoms with Crippen LogP contribution in [0.25, 0.3) is 11.1 Å². The zero-order valence-electron chi connectivity index (χ0n) is 19.3. The lowest BCUT2D eigenvalue weighted by atomic mass is 9.98. The quantitative estimate of drug-likeness (QED) is 0.502. The molecular formula is C26H32N2O5. The summed E-state index contributed by atoms with van der Waals surface area (Å²) >= 11 is 0. The molecule has 0 saturated carbocycles. The molecule has 2 aromatic rings. The van der Waals surface area contributed by atoms with Gasteiger partial charge >= 0.3 is 12.1 Å². The summed E-state index contributed by atoms with van der Waals surface area (Å²) in [5.41, 5.74) is 4.55. The summed E-state index contributed by atoms with van der Waals surface area (Å²) in [6.45, 7) is 6.05. The van der Waals surface area contributed by atoms with E-state index in [4.69, 9.17) is 9.84 Å². The van der Waals surface area contributed by atoms with Gasteiger partial charge in [0.2, 0.25) is 5.91 Å². The summed E-state index contributed by atoms with van der Waals surface area (Å²) in [5.74, 6) is -1.39. The Hall–Kier alpha value is -3.35. The molecule has 2 aromatic carbocycles. The highest BCUT2D eigenvalue weighted by Gasteiger charge is 2.30. The smallest absolute Gasteiger partial charge is 0.407 e. The van der Waals surface area contributed by atoms with Crippen LogP contribution < -0.4 is 10.6 Å². The topological polar surface area (TPSA) is 105 Å². The second-order valence-electron chi connectivity index (χ2n) is 8.97. The summed E-state index contributed by atoms with van der Waals surface area (Å²) in [4.78, 5) is 36.0. The van der Waals surface area contributed by atoms with Gasteiger partial charge in [-0.15, -0.1) is 0 Å². The van der Waals surface area contributed by atoms with Gasteiger partial charge in [-0.3, -0.25) is 9.59 Å². The van der Waals surface area contributed by atoms with Gasteiger partial charge in [0.1, 0.15) is 12.6 Å². The standard InChI is InChI=1S/C26H32N2O5/c1-16(2)24(25(31)27-13-12-17(3)14-23(29)30)28-26(32)33-15-22-20-10-6-4-8-18(20)19-9-5-7-11-21(19)22/h4-11,16-17,22,24H,12-15H2,1-3H3,(H,27,31)(H,28,32)(H,29,30)/t17?,24-/m0/s1. The molecule has 2 atom stereocenters. The Balaban J connectivity index is 1.55. The molecule has 2 amide bonds. The number of benzene rings is 2. The van der Waals surface area contributed by atoms with Crippen LogP contribution in [0.1, 0.15) is 50.7 Å². The average molecular weight is 453 g/mol. The molecule has 0 fully saturated rings. The Morgan fingerprint density at radius 2 is 1.55 bits per heavy atom. The summed E-state index contributed by atoms with van der Waals surface area (Å²) in [5, 5.41) is 14.3. The van der Waals surface area contributed by atoms with Crippen molar-refractivity contribution < 1.29 is 24.2 Å². The first kappa shape index (κ1) is 24.3. The lowest BCUT2D eigenvalue weighted by Gasteiger charge is -2.22. The van der Waals surface area contributed by atoms with E-state index in [1.54, 1.807) is 0 Å². The van der Waals surface area contributed by atoms with Gasteiger partial charge in [0.25, 0.3) is 0 Å². The van der Waals surface area contributed by atoms with Gasteiger partial charge in [0.05, 0.1) is 0 Å². The normalized spacial score (nSPS) is 14.2. The van der Waals surface area contributed by atoms with E-state index in [2.05, 4.69) is 34.9 Å². The molecule has 7 nitrogen and oxygen atoms in total. The fraction of sp³-hybridized carbons (Fsp3) is 0.423. The maximum Gasteiger partial charge on any atom is 0.407 e. The summed E-state index contributed by atoms with van der Waals surface area (Å²) < 4.78 is 5.56. The number of carboxylic acids is 1. The number of carbonyl (C=O) groups is 3. The van der Waals surface area contributed by atoms with E-state index in [-0.39, 0.29) is 36.7 Å². The van der Waals surface area contributed by atoms with E-state index in [0.29, 0.717) is 13.0 Å². The highest BCUT2D eigenvalue weighted by molar-refractivity contribution is 5.86. The van der Waals surface area contributed by atoms with Crippen LogP contribution in [-0.2, 0) is 14.3 Å². The number of aliphatic carboxylic acids is 1. The largest absolute Gasteiger partial charge is 0.481 e. The van der Waals surface area contributed by atoms with Gasteiger partial charge < -0.3 is 20.5 Å². The first-order valence-corrected chi connectivity index (χ1v) is 11.4. The first-order chi connectivity index (χ1) is 15.8. The SMILES string of the molecule is CC(CCNC(=O)[C@@H](NC(=O)OCC1c2ccccc2-c2ccccc21)C(C)C)CC(=O)O. The second kappa shape index (κ2) is 11.0. The number of hydrogen-bond acceptors (Lipinski definition) is 4.